The molecule has 1 aliphatic rings. The molecule has 0 fully saturated rings. The zero-order valence-corrected chi connectivity index (χ0v) is 15.4. The topological polar surface area (TPSA) is 64.6 Å². The van der Waals surface area contributed by atoms with E-state index in [0.717, 1.165) is 31.2 Å². The van der Waals surface area contributed by atoms with E-state index in [1.165, 1.54) is 12.7 Å². The number of benzene rings is 2. The Hall–Kier alpha value is -2.21. The van der Waals surface area contributed by atoms with E-state index in [4.69, 9.17) is 9.47 Å². The van der Waals surface area contributed by atoms with Crippen molar-refractivity contribution >= 4 is 15.7 Å². The molecule has 0 unspecified atom stereocenters. The summed E-state index contributed by atoms with van der Waals surface area (Å²) in [5.74, 6) is 0.882. The first-order valence-corrected chi connectivity index (χ1v) is 9.98. The number of hydrogen-bond acceptors (Lipinski definition) is 4. The van der Waals surface area contributed by atoms with Crippen molar-refractivity contribution in [2.75, 3.05) is 18.4 Å². The molecule has 0 aliphatic heterocycles. The quantitative estimate of drug-likeness (QED) is 0.850. The van der Waals surface area contributed by atoms with Crippen LogP contribution in [0.2, 0.25) is 0 Å². The Morgan fingerprint density at radius 2 is 1.72 bits per heavy atom. The SMILES string of the molecule is CCOc1ccccc1NS(=O)(=O)c1cc2c(cc1OC)CCCC2. The van der Waals surface area contributed by atoms with Gasteiger partial charge in [0, 0.05) is 0 Å². The smallest absolute Gasteiger partial charge is 0.265 e. The van der Waals surface area contributed by atoms with E-state index in [1.54, 1.807) is 24.3 Å². The van der Waals surface area contributed by atoms with Crippen molar-refractivity contribution in [2.45, 2.75) is 37.5 Å². The Kier molecular flexibility index (Phi) is 5.18. The molecule has 2 aromatic rings. The lowest BCUT2D eigenvalue weighted by Crippen LogP contribution is -2.16. The molecule has 25 heavy (non-hydrogen) atoms. The lowest BCUT2D eigenvalue weighted by molar-refractivity contribution is 0.342. The molecule has 0 heterocycles. The van der Waals surface area contributed by atoms with Crippen molar-refractivity contribution in [3.63, 3.8) is 0 Å². The molecule has 0 amide bonds. The van der Waals surface area contributed by atoms with Crippen LogP contribution in [0.15, 0.2) is 41.3 Å². The summed E-state index contributed by atoms with van der Waals surface area (Å²) in [5.41, 5.74) is 2.69. The van der Waals surface area contributed by atoms with Gasteiger partial charge in [-0.1, -0.05) is 12.1 Å². The molecule has 0 saturated carbocycles. The minimum absolute atomic E-state index is 0.168. The van der Waals surface area contributed by atoms with Crippen LogP contribution in [0.5, 0.6) is 11.5 Å². The average Bonchev–Trinajstić information content (AvgIpc) is 2.62. The molecule has 6 heteroatoms. The van der Waals surface area contributed by atoms with E-state index >= 15 is 0 Å². The van der Waals surface area contributed by atoms with Crippen molar-refractivity contribution in [2.24, 2.45) is 0 Å². The van der Waals surface area contributed by atoms with E-state index in [2.05, 4.69) is 4.72 Å². The zero-order chi connectivity index (χ0) is 17.9. The van der Waals surface area contributed by atoms with Crippen LogP contribution in [-0.2, 0) is 22.9 Å². The lowest BCUT2D eigenvalue weighted by Gasteiger charge is -2.20. The van der Waals surface area contributed by atoms with Gasteiger partial charge in [-0.05, 0) is 68.0 Å². The van der Waals surface area contributed by atoms with Crippen molar-refractivity contribution in [1.82, 2.24) is 0 Å². The number of para-hydroxylation sites is 2. The highest BCUT2D eigenvalue weighted by molar-refractivity contribution is 7.92. The van der Waals surface area contributed by atoms with Gasteiger partial charge in [0.1, 0.15) is 16.4 Å². The van der Waals surface area contributed by atoms with Gasteiger partial charge < -0.3 is 9.47 Å². The highest BCUT2D eigenvalue weighted by Gasteiger charge is 2.24. The van der Waals surface area contributed by atoms with Crippen LogP contribution in [0, 0.1) is 0 Å². The van der Waals surface area contributed by atoms with Gasteiger partial charge in [-0.25, -0.2) is 8.42 Å². The van der Waals surface area contributed by atoms with E-state index in [0.29, 0.717) is 23.8 Å². The predicted molar refractivity (Wildman–Crippen MR) is 98.1 cm³/mol. The predicted octanol–water partition coefficient (Wildman–Crippen LogP) is 3.77. The number of aryl methyl sites for hydroxylation is 2. The molecule has 0 atom stereocenters. The maximum absolute atomic E-state index is 13.0. The number of sulfonamides is 1. The second kappa shape index (κ2) is 7.35. The van der Waals surface area contributed by atoms with Crippen LogP contribution in [0.3, 0.4) is 0 Å². The zero-order valence-electron chi connectivity index (χ0n) is 14.5. The third-order valence-corrected chi connectivity index (χ3v) is 5.74. The van der Waals surface area contributed by atoms with Crippen molar-refractivity contribution in [1.29, 1.82) is 0 Å². The lowest BCUT2D eigenvalue weighted by atomic mass is 9.92. The second-order valence-electron chi connectivity index (χ2n) is 6.01. The average molecular weight is 361 g/mol. The number of anilines is 1. The number of methoxy groups -OCH3 is 1. The standard InChI is InChI=1S/C19H23NO4S/c1-3-24-17-11-7-6-10-16(17)20-25(21,22)19-13-15-9-5-4-8-14(15)12-18(19)23-2/h6-7,10-13,20H,3-5,8-9H2,1-2H3. The molecular formula is C19H23NO4S. The van der Waals surface area contributed by atoms with Crippen molar-refractivity contribution in [3.8, 4) is 11.5 Å². The van der Waals surface area contributed by atoms with Gasteiger partial charge in [-0.15, -0.1) is 0 Å². The molecule has 0 saturated heterocycles. The van der Waals surface area contributed by atoms with Gasteiger partial charge in [0.15, 0.2) is 0 Å². The first-order chi connectivity index (χ1) is 12.0. The second-order valence-corrected chi connectivity index (χ2v) is 7.66. The molecule has 0 spiro atoms. The molecule has 5 nitrogen and oxygen atoms in total. The van der Waals surface area contributed by atoms with Gasteiger partial charge in [0.05, 0.1) is 19.4 Å². The van der Waals surface area contributed by atoms with Crippen LogP contribution in [0.1, 0.15) is 30.9 Å². The molecule has 2 aromatic carbocycles. The summed E-state index contributed by atoms with van der Waals surface area (Å²) in [6.07, 6.45) is 4.08. The summed E-state index contributed by atoms with van der Waals surface area (Å²) >= 11 is 0. The summed E-state index contributed by atoms with van der Waals surface area (Å²) in [6, 6.07) is 10.6. The summed E-state index contributed by atoms with van der Waals surface area (Å²) < 4.78 is 39.5. The number of rotatable bonds is 6. The monoisotopic (exact) mass is 361 g/mol. The first-order valence-electron chi connectivity index (χ1n) is 8.49. The van der Waals surface area contributed by atoms with Crippen LogP contribution in [-0.4, -0.2) is 22.1 Å². The summed E-state index contributed by atoms with van der Waals surface area (Å²) in [6.45, 7) is 2.32. The fourth-order valence-electron chi connectivity index (χ4n) is 3.14. The maximum Gasteiger partial charge on any atom is 0.265 e. The Balaban J connectivity index is 2.00. The van der Waals surface area contributed by atoms with E-state index in [1.807, 2.05) is 19.1 Å². The molecule has 1 aliphatic carbocycles. The van der Waals surface area contributed by atoms with E-state index in [-0.39, 0.29) is 4.90 Å². The van der Waals surface area contributed by atoms with Gasteiger partial charge in [0.25, 0.3) is 10.0 Å². The molecular weight excluding hydrogens is 338 g/mol. The van der Waals surface area contributed by atoms with Crippen LogP contribution < -0.4 is 14.2 Å². The molecule has 0 radical (unpaired) electrons. The largest absolute Gasteiger partial charge is 0.495 e. The summed E-state index contributed by atoms with van der Waals surface area (Å²) in [5, 5.41) is 0. The number of fused-ring (bicyclic) bond motifs is 1. The Labute approximate surface area is 149 Å². The third-order valence-electron chi connectivity index (χ3n) is 4.35. The third kappa shape index (κ3) is 3.74. The van der Waals surface area contributed by atoms with E-state index in [9.17, 15) is 8.42 Å². The first kappa shape index (κ1) is 17.6. The molecule has 3 rings (SSSR count). The fourth-order valence-corrected chi connectivity index (χ4v) is 4.41. The Morgan fingerprint density at radius 1 is 1.04 bits per heavy atom. The summed E-state index contributed by atoms with van der Waals surface area (Å²) in [7, 11) is -2.29. The number of ether oxygens (including phenoxy) is 2. The highest BCUT2D eigenvalue weighted by atomic mass is 32.2. The normalized spacial score (nSPS) is 13.8. The molecule has 1 N–H and O–H groups in total. The number of nitrogens with one attached hydrogen (secondary N) is 1. The maximum atomic E-state index is 13.0. The van der Waals surface area contributed by atoms with Gasteiger partial charge in [-0.2, -0.15) is 0 Å². The fraction of sp³-hybridized carbons (Fsp3) is 0.368. The van der Waals surface area contributed by atoms with Gasteiger partial charge in [-0.3, -0.25) is 4.72 Å². The minimum atomic E-state index is -3.79. The van der Waals surface area contributed by atoms with Crippen molar-refractivity contribution < 1.29 is 17.9 Å². The van der Waals surface area contributed by atoms with Crippen LogP contribution >= 0.6 is 0 Å². The molecule has 0 aromatic heterocycles. The molecule has 134 valence electrons. The minimum Gasteiger partial charge on any atom is -0.495 e. The van der Waals surface area contributed by atoms with Crippen LogP contribution in [0.25, 0.3) is 0 Å². The Morgan fingerprint density at radius 3 is 2.40 bits per heavy atom. The summed E-state index contributed by atoms with van der Waals surface area (Å²) in [4.78, 5) is 0.168. The van der Waals surface area contributed by atoms with Gasteiger partial charge in [0.2, 0.25) is 0 Å². The van der Waals surface area contributed by atoms with Crippen LogP contribution in [0.4, 0.5) is 5.69 Å². The molecule has 0 bridgehead atoms. The number of hydrogen-bond donors (Lipinski definition) is 1. The van der Waals surface area contributed by atoms with E-state index < -0.39 is 10.0 Å². The highest BCUT2D eigenvalue weighted by Crippen LogP contribution is 2.34. The van der Waals surface area contributed by atoms with Gasteiger partial charge >= 0.3 is 0 Å². The Bertz CT molecular complexity index is 862. The van der Waals surface area contributed by atoms with Crippen molar-refractivity contribution in [3.05, 3.63) is 47.5 Å².